The number of fused-ring (bicyclic) bond motifs is 1. The van der Waals surface area contributed by atoms with Gasteiger partial charge in [-0.1, -0.05) is 145 Å². The standard InChI is InChI=1S/C58H102Cl3O11Si3.3C4H9.Sn/c1-23-52(64-20)69-50-36-47-54(48(71-75(40(9)10,41(11)12)42(13)14)35-44(67-47)27-25-32-66-74(37(3)4,38(5)6)39(7)8)70-58(50,19)30-29-51(62)68-49(57(18,24-2)72-73(21,22)56(15,16)17)28-26-31-65-55(63)53-45(60)33-43(59)34-46(53)61;3*1-3-4-2;/h24,33-34,37-42,44,47-50,52,54H,1-2,23,25-32,35-36H2,3-22H3;3*1,3-4H2,2H3;/t44-,47-,48+,49-,50+,52?,54+,57+,58-;;;;/m1..../s1. The molecule has 88 heavy (non-hydrogen) atoms. The molecular weight excluding hydrogens is 1330 g/mol. The molecule has 0 saturated carbocycles. The Hall–Kier alpha value is -0.0606. The first kappa shape index (κ1) is 82.2. The van der Waals surface area contributed by atoms with Gasteiger partial charge in [-0.3, -0.25) is 0 Å². The van der Waals surface area contributed by atoms with Crippen LogP contribution in [0.5, 0.6) is 0 Å². The molecule has 1 aromatic rings. The molecule has 11 nitrogen and oxygen atoms in total. The molecule has 3 rings (SSSR count). The first-order valence-electron chi connectivity index (χ1n) is 34.6. The van der Waals surface area contributed by atoms with Crippen molar-refractivity contribution in [2.45, 2.75) is 358 Å². The van der Waals surface area contributed by atoms with E-state index in [1.54, 1.807) is 13.2 Å². The number of rotatable bonds is 41. The third-order valence-corrected chi connectivity index (χ3v) is 54.7. The number of carbonyl (C=O) groups excluding carboxylic acids is 2. The van der Waals surface area contributed by atoms with Gasteiger partial charge in [-0.05, 0) is 60.2 Å². The zero-order valence-corrected chi connectivity index (χ0v) is 68.0. The molecule has 2 aliphatic heterocycles. The van der Waals surface area contributed by atoms with Crippen LogP contribution >= 0.6 is 34.8 Å². The summed E-state index contributed by atoms with van der Waals surface area (Å²) in [5.41, 5.74) is 0.582. The Bertz CT molecular complexity index is 2180. The molecule has 0 aliphatic carbocycles. The predicted octanol–water partition coefficient (Wildman–Crippen LogP) is 22.1. The van der Waals surface area contributed by atoms with Gasteiger partial charge < -0.3 is 13.6 Å². The summed E-state index contributed by atoms with van der Waals surface area (Å²) in [6.45, 7) is 55.2. The van der Waals surface area contributed by atoms with Crippen molar-refractivity contribution in [2.24, 2.45) is 0 Å². The van der Waals surface area contributed by atoms with E-state index in [1.165, 1.54) is 68.4 Å². The van der Waals surface area contributed by atoms with Crippen LogP contribution in [0.25, 0.3) is 0 Å². The quantitative estimate of drug-likeness (QED) is 0.0205. The minimum atomic E-state index is -2.63. The maximum atomic E-state index is 15.0. The SMILES string of the molecule is C=C[C@](C)(O[Si](C)(C)C(C)(C)C)[C@@H](CCCOC(=O)c1c(Cl)cc(Cl)cc1Cl)OC(=O)CC[C@@]1(C)O[C@@H]2[C@@H](O[Si](C(C)C)(C(C)C)C(C)C)C[C@@H](CCCO[Si](C(C)C)(C(C)C)C(C)C)O[C@@H]2C[C@@H]1OC(C[CH2][Sn]([CH2]CCC)([CH2]CCC)[CH2]CCC)OC. The van der Waals surface area contributed by atoms with E-state index in [0.717, 1.165) is 19.3 Å². The summed E-state index contributed by atoms with van der Waals surface area (Å²) in [5.74, 6) is -1.07. The van der Waals surface area contributed by atoms with Gasteiger partial charge in [-0.2, -0.15) is 0 Å². The Kier molecular flexibility index (Phi) is 34.4. The molecule has 2 saturated heterocycles. The average Bonchev–Trinajstić information content (AvgIpc) is 2.11. The van der Waals surface area contributed by atoms with Crippen LogP contribution in [0, 0.1) is 0 Å². The fourth-order valence-corrected chi connectivity index (χ4v) is 44.9. The van der Waals surface area contributed by atoms with E-state index >= 15 is 0 Å². The second-order valence-electron chi connectivity index (χ2n) is 30.3. The molecule has 512 valence electrons. The number of benzene rings is 1. The monoisotopic (exact) mass is 1450 g/mol. The van der Waals surface area contributed by atoms with Crippen molar-refractivity contribution < 1.29 is 51.3 Å². The first-order valence-corrected chi connectivity index (χ1v) is 51.0. The molecule has 0 aromatic heterocycles. The number of hydrogen-bond donors (Lipinski definition) is 0. The van der Waals surface area contributed by atoms with E-state index in [9.17, 15) is 9.59 Å². The Morgan fingerprint density at radius 3 is 1.74 bits per heavy atom. The van der Waals surface area contributed by atoms with Crippen LogP contribution in [-0.2, 0) is 46.5 Å². The Morgan fingerprint density at radius 1 is 0.750 bits per heavy atom. The van der Waals surface area contributed by atoms with E-state index in [-0.39, 0.29) is 52.0 Å². The van der Waals surface area contributed by atoms with Gasteiger partial charge in [0.25, 0.3) is 0 Å². The Balaban J connectivity index is 2.16. The average molecular weight is 1460 g/mol. The van der Waals surface area contributed by atoms with Crippen molar-refractivity contribution in [3.63, 3.8) is 0 Å². The number of esters is 2. The van der Waals surface area contributed by atoms with Gasteiger partial charge >= 0.3 is 291 Å². The van der Waals surface area contributed by atoms with Crippen molar-refractivity contribution in [2.75, 3.05) is 20.3 Å². The van der Waals surface area contributed by atoms with E-state index in [0.29, 0.717) is 77.0 Å². The second-order valence-corrected chi connectivity index (χ2v) is 61.4. The van der Waals surface area contributed by atoms with Crippen LogP contribution in [0.3, 0.4) is 0 Å². The number of halogens is 3. The fourth-order valence-electron chi connectivity index (χ4n) is 15.1. The number of ether oxygens (including phenoxy) is 6. The zero-order chi connectivity index (χ0) is 66.8. The van der Waals surface area contributed by atoms with Crippen molar-refractivity contribution in [3.05, 3.63) is 45.4 Å². The fraction of sp³-hybridized carbons (Fsp3) is 0.857. The molecule has 18 heteroatoms. The molecule has 0 amide bonds. The van der Waals surface area contributed by atoms with E-state index in [2.05, 4.69) is 151 Å². The van der Waals surface area contributed by atoms with Crippen LogP contribution in [0.15, 0.2) is 24.8 Å². The first-order chi connectivity index (χ1) is 40.9. The third-order valence-electron chi connectivity index (χ3n) is 21.1. The van der Waals surface area contributed by atoms with E-state index in [1.807, 2.05) is 6.92 Å². The van der Waals surface area contributed by atoms with Crippen molar-refractivity contribution in [1.82, 2.24) is 0 Å². The number of carbonyl (C=O) groups is 2. The molecule has 2 aliphatic rings. The molecule has 0 radical (unpaired) electrons. The van der Waals surface area contributed by atoms with Crippen molar-refractivity contribution >= 4 is 90.1 Å². The van der Waals surface area contributed by atoms with E-state index < -0.39 is 91.1 Å². The van der Waals surface area contributed by atoms with E-state index in [4.69, 9.17) is 76.5 Å². The van der Waals surface area contributed by atoms with Gasteiger partial charge in [0.05, 0.1) is 22.2 Å². The van der Waals surface area contributed by atoms with Crippen molar-refractivity contribution in [1.29, 1.82) is 0 Å². The number of hydrogen-bond acceptors (Lipinski definition) is 11. The van der Waals surface area contributed by atoms with Crippen molar-refractivity contribution in [3.8, 4) is 0 Å². The second kappa shape index (κ2) is 36.9. The number of unbranched alkanes of at least 4 members (excludes halogenated alkanes) is 3. The molecule has 2 heterocycles. The summed E-state index contributed by atoms with van der Waals surface area (Å²) < 4.78 is 69.0. The molecule has 2 fully saturated rings. The topological polar surface area (TPSA) is 117 Å². The molecule has 0 N–H and O–H groups in total. The molecule has 0 spiro atoms. The van der Waals surface area contributed by atoms with Gasteiger partial charge in [0, 0.05) is 5.02 Å². The maximum absolute atomic E-state index is 15.0. The summed E-state index contributed by atoms with van der Waals surface area (Å²) in [7, 11) is -5.22. The van der Waals surface area contributed by atoms with Gasteiger partial charge in [0.1, 0.15) is 0 Å². The summed E-state index contributed by atoms with van der Waals surface area (Å²) >= 11 is 16.4. The molecule has 0 bridgehead atoms. The number of methoxy groups -OCH3 is 1. The van der Waals surface area contributed by atoms with Crippen LogP contribution in [0.1, 0.15) is 245 Å². The summed E-state index contributed by atoms with van der Waals surface area (Å²) in [4.78, 5) is 28.3. The van der Waals surface area contributed by atoms with Crippen LogP contribution in [0.4, 0.5) is 0 Å². The molecule has 1 unspecified atom stereocenters. The Labute approximate surface area is 560 Å². The van der Waals surface area contributed by atoms with Crippen LogP contribution < -0.4 is 0 Å². The van der Waals surface area contributed by atoms with Gasteiger partial charge in [0.2, 0.25) is 0 Å². The summed E-state index contributed by atoms with van der Waals surface area (Å²) in [6.07, 6.45) is 11.4. The third kappa shape index (κ3) is 22.0. The zero-order valence-electron chi connectivity index (χ0n) is 59.9. The predicted molar refractivity (Wildman–Crippen MR) is 380 cm³/mol. The Morgan fingerprint density at radius 2 is 1.27 bits per heavy atom. The van der Waals surface area contributed by atoms with Gasteiger partial charge in [0.15, 0.2) is 16.6 Å². The van der Waals surface area contributed by atoms with Crippen LogP contribution in [0.2, 0.25) is 84.2 Å². The molecule has 9 atom stereocenters. The summed E-state index contributed by atoms with van der Waals surface area (Å²) in [6, 6.07) is 2.92. The van der Waals surface area contributed by atoms with Crippen LogP contribution in [-0.4, -0.2) is 130 Å². The summed E-state index contributed by atoms with van der Waals surface area (Å²) in [5, 5.41) is 0.352. The minimum absolute atomic E-state index is 0.00942. The van der Waals surface area contributed by atoms with Gasteiger partial charge in [-0.15, -0.1) is 6.58 Å². The van der Waals surface area contributed by atoms with Gasteiger partial charge in [-0.25, -0.2) is 4.79 Å². The molecular formula is C70H129Cl3O11Si3Sn. The normalized spacial score (nSPS) is 22.2. The molecule has 1 aromatic carbocycles.